The third-order valence-corrected chi connectivity index (χ3v) is 4.85. The topological polar surface area (TPSA) is 21.3 Å². The minimum atomic E-state index is 0.510. The van der Waals surface area contributed by atoms with Crippen LogP contribution < -0.4 is 5.32 Å². The summed E-state index contributed by atoms with van der Waals surface area (Å²) in [6.45, 7) is 4.33. The number of ether oxygens (including phenoxy) is 1. The lowest BCUT2D eigenvalue weighted by Crippen LogP contribution is -2.34. The van der Waals surface area contributed by atoms with Gasteiger partial charge in [0.25, 0.3) is 0 Å². The highest BCUT2D eigenvalue weighted by Crippen LogP contribution is 2.38. The van der Waals surface area contributed by atoms with Gasteiger partial charge < -0.3 is 10.1 Å². The monoisotopic (exact) mass is 273 g/mol. The number of fused-ring (bicyclic) bond motifs is 1. The molecule has 1 saturated heterocycles. The van der Waals surface area contributed by atoms with Crippen LogP contribution in [0.15, 0.2) is 24.3 Å². The third-order valence-electron chi connectivity index (χ3n) is 4.85. The fourth-order valence-electron chi connectivity index (χ4n) is 3.83. The van der Waals surface area contributed by atoms with Gasteiger partial charge in [-0.25, -0.2) is 0 Å². The molecule has 110 valence electrons. The molecule has 1 fully saturated rings. The van der Waals surface area contributed by atoms with Crippen molar-refractivity contribution < 1.29 is 4.74 Å². The van der Waals surface area contributed by atoms with Gasteiger partial charge in [-0.1, -0.05) is 31.2 Å². The van der Waals surface area contributed by atoms with Crippen molar-refractivity contribution in [1.82, 2.24) is 5.32 Å². The molecule has 2 aliphatic rings. The van der Waals surface area contributed by atoms with Gasteiger partial charge in [-0.05, 0) is 62.1 Å². The summed E-state index contributed by atoms with van der Waals surface area (Å²) in [6, 6.07) is 9.52. The molecule has 2 heteroatoms. The fourth-order valence-corrected chi connectivity index (χ4v) is 3.83. The zero-order valence-electron chi connectivity index (χ0n) is 12.6. The first kappa shape index (κ1) is 14.1. The van der Waals surface area contributed by atoms with Gasteiger partial charge in [0.05, 0.1) is 6.10 Å². The maximum atomic E-state index is 5.87. The van der Waals surface area contributed by atoms with Crippen molar-refractivity contribution in [2.75, 3.05) is 13.2 Å². The Morgan fingerprint density at radius 3 is 2.95 bits per heavy atom. The van der Waals surface area contributed by atoms with Crippen molar-refractivity contribution >= 4 is 0 Å². The summed E-state index contributed by atoms with van der Waals surface area (Å²) in [5, 5.41) is 3.80. The highest BCUT2D eigenvalue weighted by atomic mass is 16.5. The fraction of sp³-hybridized carbons (Fsp3) is 0.667. The number of hydrogen-bond acceptors (Lipinski definition) is 2. The molecule has 1 heterocycles. The molecule has 3 atom stereocenters. The van der Waals surface area contributed by atoms with Crippen LogP contribution in [0.1, 0.15) is 56.2 Å². The lowest BCUT2D eigenvalue weighted by Gasteiger charge is -2.35. The first-order chi connectivity index (χ1) is 9.88. The van der Waals surface area contributed by atoms with Gasteiger partial charge in [0.2, 0.25) is 0 Å². The zero-order valence-corrected chi connectivity index (χ0v) is 12.6. The first-order valence-electron chi connectivity index (χ1n) is 8.31. The highest BCUT2D eigenvalue weighted by molar-refractivity contribution is 5.33. The van der Waals surface area contributed by atoms with E-state index in [-0.39, 0.29) is 0 Å². The second-order valence-corrected chi connectivity index (χ2v) is 6.30. The summed E-state index contributed by atoms with van der Waals surface area (Å²) in [4.78, 5) is 0. The molecule has 0 saturated carbocycles. The van der Waals surface area contributed by atoms with E-state index in [0.29, 0.717) is 12.1 Å². The predicted octanol–water partition coefficient (Wildman–Crippen LogP) is 3.86. The van der Waals surface area contributed by atoms with Gasteiger partial charge in [-0.3, -0.25) is 0 Å². The molecule has 1 aromatic rings. The molecule has 0 radical (unpaired) electrons. The van der Waals surface area contributed by atoms with Crippen LogP contribution in [0.4, 0.5) is 0 Å². The maximum absolute atomic E-state index is 5.87. The van der Waals surface area contributed by atoms with Crippen molar-refractivity contribution in [3.8, 4) is 0 Å². The summed E-state index contributed by atoms with van der Waals surface area (Å²) in [6.07, 6.45) is 7.99. The van der Waals surface area contributed by atoms with Gasteiger partial charge in [-0.15, -0.1) is 0 Å². The van der Waals surface area contributed by atoms with Crippen molar-refractivity contribution in [2.45, 2.75) is 57.6 Å². The Kier molecular flexibility index (Phi) is 4.74. The van der Waals surface area contributed by atoms with E-state index in [9.17, 15) is 0 Å². The van der Waals surface area contributed by atoms with E-state index in [2.05, 4.69) is 36.5 Å². The van der Waals surface area contributed by atoms with Gasteiger partial charge in [0, 0.05) is 12.6 Å². The molecule has 2 nitrogen and oxygen atoms in total. The summed E-state index contributed by atoms with van der Waals surface area (Å²) in [5.41, 5.74) is 3.08. The van der Waals surface area contributed by atoms with Crippen LogP contribution in [0.2, 0.25) is 0 Å². The van der Waals surface area contributed by atoms with Crippen LogP contribution in [-0.2, 0) is 11.2 Å². The van der Waals surface area contributed by atoms with E-state index in [0.717, 1.165) is 19.1 Å². The van der Waals surface area contributed by atoms with Crippen LogP contribution in [-0.4, -0.2) is 19.3 Å². The lowest BCUT2D eigenvalue weighted by molar-refractivity contribution is 0.0793. The molecule has 3 unspecified atom stereocenters. The Bertz CT molecular complexity index is 425. The maximum Gasteiger partial charge on any atom is 0.0579 e. The van der Waals surface area contributed by atoms with Crippen LogP contribution in [0, 0.1) is 5.92 Å². The van der Waals surface area contributed by atoms with Crippen LogP contribution in [0.25, 0.3) is 0 Å². The Hall–Kier alpha value is -0.860. The minimum Gasteiger partial charge on any atom is -0.378 e. The number of nitrogens with one attached hydrogen (secondary N) is 1. The van der Waals surface area contributed by atoms with E-state index >= 15 is 0 Å². The van der Waals surface area contributed by atoms with E-state index in [4.69, 9.17) is 4.74 Å². The summed E-state index contributed by atoms with van der Waals surface area (Å²) in [5.74, 6) is 0.736. The minimum absolute atomic E-state index is 0.510. The van der Waals surface area contributed by atoms with Gasteiger partial charge in [0.15, 0.2) is 0 Å². The average Bonchev–Trinajstić information content (AvgIpc) is 2.99. The van der Waals surface area contributed by atoms with Gasteiger partial charge >= 0.3 is 0 Å². The largest absolute Gasteiger partial charge is 0.378 e. The normalized spacial score (nSPS) is 29.4. The Balaban J connectivity index is 1.75. The molecule has 3 rings (SSSR count). The van der Waals surface area contributed by atoms with Gasteiger partial charge in [-0.2, -0.15) is 0 Å². The molecule has 0 aromatic heterocycles. The average molecular weight is 273 g/mol. The predicted molar refractivity (Wildman–Crippen MR) is 82.9 cm³/mol. The zero-order chi connectivity index (χ0) is 13.8. The quantitative estimate of drug-likeness (QED) is 0.879. The Labute approximate surface area is 122 Å². The van der Waals surface area contributed by atoms with Crippen LogP contribution in [0.3, 0.4) is 0 Å². The van der Waals surface area contributed by atoms with Crippen molar-refractivity contribution in [1.29, 1.82) is 0 Å². The molecule has 1 aromatic carbocycles. The van der Waals surface area contributed by atoms with Gasteiger partial charge in [0.1, 0.15) is 0 Å². The summed E-state index contributed by atoms with van der Waals surface area (Å²) < 4.78 is 5.87. The molecule has 0 amide bonds. The van der Waals surface area contributed by atoms with E-state index in [1.807, 2.05) is 0 Å². The molecular weight excluding hydrogens is 246 g/mol. The Morgan fingerprint density at radius 2 is 2.15 bits per heavy atom. The lowest BCUT2D eigenvalue weighted by atomic mass is 9.77. The molecule has 1 N–H and O–H groups in total. The second-order valence-electron chi connectivity index (χ2n) is 6.30. The smallest absolute Gasteiger partial charge is 0.0579 e. The number of rotatable bonds is 5. The van der Waals surface area contributed by atoms with Crippen molar-refractivity contribution in [3.63, 3.8) is 0 Å². The second kappa shape index (κ2) is 6.73. The SMILES string of the molecule is CCCNC1c2ccccc2CCC1CC1CCCO1. The number of benzene rings is 1. The van der Waals surface area contributed by atoms with Crippen LogP contribution >= 0.6 is 0 Å². The first-order valence-corrected chi connectivity index (χ1v) is 8.31. The molecule has 1 aliphatic carbocycles. The van der Waals surface area contributed by atoms with E-state index in [1.165, 1.54) is 44.1 Å². The van der Waals surface area contributed by atoms with Crippen molar-refractivity contribution in [2.24, 2.45) is 5.92 Å². The molecule has 0 spiro atoms. The molecular formula is C18H27NO. The number of aryl methyl sites for hydroxylation is 1. The van der Waals surface area contributed by atoms with E-state index in [1.54, 1.807) is 5.56 Å². The third kappa shape index (κ3) is 3.07. The van der Waals surface area contributed by atoms with Crippen molar-refractivity contribution in [3.05, 3.63) is 35.4 Å². The summed E-state index contributed by atoms with van der Waals surface area (Å²) in [7, 11) is 0. The van der Waals surface area contributed by atoms with E-state index < -0.39 is 0 Å². The number of hydrogen-bond donors (Lipinski definition) is 1. The van der Waals surface area contributed by atoms with Crippen LogP contribution in [0.5, 0.6) is 0 Å². The summed E-state index contributed by atoms with van der Waals surface area (Å²) >= 11 is 0. The molecule has 0 bridgehead atoms. The molecule has 1 aliphatic heterocycles. The standard InChI is InChI=1S/C18H27NO/c1-2-11-19-18-15(13-16-7-5-12-20-16)10-9-14-6-3-4-8-17(14)18/h3-4,6,8,15-16,18-19H,2,5,7,9-13H2,1H3. The highest BCUT2D eigenvalue weighted by Gasteiger charge is 2.31. The Morgan fingerprint density at radius 1 is 1.25 bits per heavy atom. The molecule has 20 heavy (non-hydrogen) atoms.